The SMILES string of the molecule is c1ccc(-c2cc(-c3ccccc3)nc(-n3c4ccccc4c4c5c(ccc43)c3ccccc3n3c4ccccc4nc53)c2)cc1. The number of nitrogens with zero attached hydrogens (tertiary/aromatic N) is 4. The van der Waals surface area contributed by atoms with Gasteiger partial charge in [-0.15, -0.1) is 0 Å². The zero-order chi connectivity index (χ0) is 30.2. The molecular weight excluding hydrogens is 560 g/mol. The van der Waals surface area contributed by atoms with E-state index in [1.54, 1.807) is 0 Å². The number of hydrogen-bond acceptors (Lipinski definition) is 2. The zero-order valence-corrected chi connectivity index (χ0v) is 24.8. The van der Waals surface area contributed by atoms with Gasteiger partial charge in [-0.25, -0.2) is 9.97 Å². The monoisotopic (exact) mass is 586 g/mol. The van der Waals surface area contributed by atoms with Crippen LogP contribution in [0.2, 0.25) is 0 Å². The number of imidazole rings is 1. The number of hydrogen-bond donors (Lipinski definition) is 0. The van der Waals surface area contributed by atoms with Crippen LogP contribution in [0.1, 0.15) is 0 Å². The van der Waals surface area contributed by atoms with E-state index in [1.807, 2.05) is 6.07 Å². The van der Waals surface area contributed by atoms with E-state index >= 15 is 0 Å². The van der Waals surface area contributed by atoms with Gasteiger partial charge >= 0.3 is 0 Å². The van der Waals surface area contributed by atoms with Gasteiger partial charge in [0.2, 0.25) is 0 Å². The minimum atomic E-state index is 0.885. The molecule has 0 saturated carbocycles. The lowest BCUT2D eigenvalue weighted by molar-refractivity contribution is 1.08. The van der Waals surface area contributed by atoms with Crippen molar-refractivity contribution in [2.24, 2.45) is 0 Å². The first-order valence-electron chi connectivity index (χ1n) is 15.6. The van der Waals surface area contributed by atoms with Crippen LogP contribution in [0.4, 0.5) is 0 Å². The first kappa shape index (κ1) is 25.1. The lowest BCUT2D eigenvalue weighted by Gasteiger charge is -2.13. The van der Waals surface area contributed by atoms with Crippen molar-refractivity contribution in [1.82, 2.24) is 18.9 Å². The van der Waals surface area contributed by atoms with E-state index in [1.165, 1.54) is 21.5 Å². The largest absolute Gasteiger partial charge is 0.294 e. The highest BCUT2D eigenvalue weighted by molar-refractivity contribution is 6.29. The van der Waals surface area contributed by atoms with Gasteiger partial charge in [-0.2, -0.15) is 0 Å². The number of fused-ring (bicyclic) bond motifs is 12. The summed E-state index contributed by atoms with van der Waals surface area (Å²) in [6.07, 6.45) is 0. The van der Waals surface area contributed by atoms with Crippen LogP contribution in [-0.2, 0) is 0 Å². The first-order valence-corrected chi connectivity index (χ1v) is 15.6. The lowest BCUT2D eigenvalue weighted by atomic mass is 10.0. The van der Waals surface area contributed by atoms with Crippen molar-refractivity contribution in [3.05, 3.63) is 158 Å². The van der Waals surface area contributed by atoms with Crippen LogP contribution in [0.5, 0.6) is 0 Å². The predicted molar refractivity (Wildman–Crippen MR) is 191 cm³/mol. The number of pyridine rings is 2. The molecule has 0 N–H and O–H groups in total. The summed E-state index contributed by atoms with van der Waals surface area (Å²) in [7, 11) is 0. The predicted octanol–water partition coefficient (Wildman–Crippen LogP) is 10.6. The molecule has 0 amide bonds. The summed E-state index contributed by atoms with van der Waals surface area (Å²) in [5.74, 6) is 0.885. The van der Waals surface area contributed by atoms with Crippen molar-refractivity contribution >= 4 is 60.2 Å². The maximum atomic E-state index is 5.34. The second-order valence-corrected chi connectivity index (χ2v) is 11.8. The average Bonchev–Trinajstić information content (AvgIpc) is 3.69. The van der Waals surface area contributed by atoms with Crippen LogP contribution in [0.25, 0.3) is 88.4 Å². The van der Waals surface area contributed by atoms with Crippen LogP contribution < -0.4 is 0 Å². The topological polar surface area (TPSA) is 35.1 Å². The molecule has 214 valence electrons. The summed E-state index contributed by atoms with van der Waals surface area (Å²) in [4.78, 5) is 10.6. The fourth-order valence-electron chi connectivity index (χ4n) is 7.28. The molecule has 0 atom stereocenters. The van der Waals surface area contributed by atoms with E-state index in [4.69, 9.17) is 9.97 Å². The third-order valence-electron chi connectivity index (χ3n) is 9.28. The van der Waals surface area contributed by atoms with Crippen molar-refractivity contribution < 1.29 is 0 Å². The average molecular weight is 587 g/mol. The van der Waals surface area contributed by atoms with Gasteiger partial charge in [0.05, 0.1) is 33.3 Å². The van der Waals surface area contributed by atoms with Crippen LogP contribution in [-0.4, -0.2) is 18.9 Å². The molecule has 4 nitrogen and oxygen atoms in total. The minimum Gasteiger partial charge on any atom is -0.294 e. The van der Waals surface area contributed by atoms with Gasteiger partial charge in [-0.05, 0) is 59.0 Å². The summed E-state index contributed by atoms with van der Waals surface area (Å²) in [5, 5.41) is 5.94. The second-order valence-electron chi connectivity index (χ2n) is 11.8. The van der Waals surface area contributed by atoms with Gasteiger partial charge in [0.25, 0.3) is 0 Å². The van der Waals surface area contributed by atoms with Crippen molar-refractivity contribution in [2.45, 2.75) is 0 Å². The fourth-order valence-corrected chi connectivity index (χ4v) is 7.28. The van der Waals surface area contributed by atoms with E-state index in [-0.39, 0.29) is 0 Å². The van der Waals surface area contributed by atoms with Crippen LogP contribution in [0.3, 0.4) is 0 Å². The molecule has 10 rings (SSSR count). The normalized spacial score (nSPS) is 11.9. The van der Waals surface area contributed by atoms with E-state index in [0.29, 0.717) is 0 Å². The first-order chi connectivity index (χ1) is 22.8. The van der Waals surface area contributed by atoms with Gasteiger partial charge in [0.1, 0.15) is 11.5 Å². The lowest BCUT2D eigenvalue weighted by Crippen LogP contribution is -2.00. The van der Waals surface area contributed by atoms with Crippen molar-refractivity contribution in [2.75, 3.05) is 0 Å². The molecule has 0 aliphatic rings. The molecule has 4 heteroatoms. The van der Waals surface area contributed by atoms with Crippen molar-refractivity contribution in [3.63, 3.8) is 0 Å². The highest BCUT2D eigenvalue weighted by Crippen LogP contribution is 2.42. The summed E-state index contributed by atoms with van der Waals surface area (Å²) in [6.45, 7) is 0. The Balaban J connectivity index is 1.38. The van der Waals surface area contributed by atoms with Crippen LogP contribution in [0, 0.1) is 0 Å². The molecule has 0 radical (unpaired) electrons. The van der Waals surface area contributed by atoms with Gasteiger partial charge in [-0.3, -0.25) is 8.97 Å². The van der Waals surface area contributed by atoms with E-state index in [9.17, 15) is 0 Å². The number of benzene rings is 6. The maximum Gasteiger partial charge on any atom is 0.147 e. The molecular formula is C42H26N4. The van der Waals surface area contributed by atoms with Crippen molar-refractivity contribution in [3.8, 4) is 28.2 Å². The second kappa shape index (κ2) is 9.62. The molecule has 0 aliphatic heterocycles. The fraction of sp³-hybridized carbons (Fsp3) is 0. The Bertz CT molecular complexity index is 2730. The smallest absolute Gasteiger partial charge is 0.147 e. The highest BCUT2D eigenvalue weighted by Gasteiger charge is 2.21. The molecule has 0 saturated heterocycles. The Morgan fingerprint density at radius 1 is 0.391 bits per heavy atom. The van der Waals surface area contributed by atoms with Gasteiger partial charge in [0, 0.05) is 27.1 Å². The number of para-hydroxylation sites is 4. The van der Waals surface area contributed by atoms with Crippen LogP contribution >= 0.6 is 0 Å². The Labute approximate surface area is 264 Å². The maximum absolute atomic E-state index is 5.34. The van der Waals surface area contributed by atoms with Crippen molar-refractivity contribution in [1.29, 1.82) is 0 Å². The zero-order valence-electron chi connectivity index (χ0n) is 24.8. The molecule has 6 aromatic carbocycles. The number of aromatic nitrogens is 4. The van der Waals surface area contributed by atoms with Gasteiger partial charge < -0.3 is 0 Å². The van der Waals surface area contributed by atoms with E-state index < -0.39 is 0 Å². The Hall–Kier alpha value is -6.26. The molecule has 0 bridgehead atoms. The molecule has 4 aromatic heterocycles. The van der Waals surface area contributed by atoms with Gasteiger partial charge in [0.15, 0.2) is 0 Å². The summed E-state index contributed by atoms with van der Waals surface area (Å²) >= 11 is 0. The third kappa shape index (κ3) is 3.55. The summed E-state index contributed by atoms with van der Waals surface area (Å²) in [6, 6.07) is 55.8. The molecule has 0 unspecified atom stereocenters. The molecule has 46 heavy (non-hydrogen) atoms. The standard InChI is InChI=1S/C42H26N4/c1-3-13-27(14-4-1)29-25-34(28-15-5-2-6-16-28)43-39(26-29)45-36-21-11-8-18-32(36)40-38(45)24-23-31-30-17-7-10-20-35(30)46-37-22-12-9-19-33(37)44-42(46)41(31)40/h1-26H. The highest BCUT2D eigenvalue weighted by atomic mass is 15.1. The Kier molecular flexibility index (Phi) is 5.25. The minimum absolute atomic E-state index is 0.885. The third-order valence-corrected chi connectivity index (χ3v) is 9.28. The molecule has 4 heterocycles. The summed E-state index contributed by atoms with van der Waals surface area (Å²) < 4.78 is 4.66. The molecule has 10 aromatic rings. The Morgan fingerprint density at radius 2 is 1.04 bits per heavy atom. The van der Waals surface area contributed by atoms with E-state index in [0.717, 1.165) is 66.8 Å². The van der Waals surface area contributed by atoms with Gasteiger partial charge in [-0.1, -0.05) is 115 Å². The molecule has 0 aliphatic carbocycles. The molecule has 0 fully saturated rings. The number of rotatable bonds is 3. The quantitative estimate of drug-likeness (QED) is 0.193. The Morgan fingerprint density at radius 3 is 1.85 bits per heavy atom. The van der Waals surface area contributed by atoms with E-state index in [2.05, 4.69) is 161 Å². The molecule has 0 spiro atoms. The summed E-state index contributed by atoms with van der Waals surface area (Å²) in [5.41, 5.74) is 10.8. The van der Waals surface area contributed by atoms with Crippen LogP contribution in [0.15, 0.2) is 158 Å².